The fourth-order valence-corrected chi connectivity index (χ4v) is 3.49. The number of amides is 4. The number of hydrogen-bond acceptors (Lipinski definition) is 4. The van der Waals surface area contributed by atoms with E-state index in [9.17, 15) is 27.6 Å². The topological polar surface area (TPSA) is 91.0 Å². The van der Waals surface area contributed by atoms with E-state index in [0.717, 1.165) is 0 Å². The van der Waals surface area contributed by atoms with Crippen LogP contribution in [-0.4, -0.2) is 79.3 Å². The van der Waals surface area contributed by atoms with Crippen LogP contribution in [-0.2, 0) is 9.53 Å². The van der Waals surface area contributed by atoms with Gasteiger partial charge in [0.05, 0.1) is 24.5 Å². The molecule has 1 atom stereocenters. The molecule has 0 bridgehead atoms. The van der Waals surface area contributed by atoms with E-state index in [0.29, 0.717) is 38.3 Å². The number of para-hydroxylation sites is 1. The molecule has 4 amide bonds. The number of anilines is 1. The van der Waals surface area contributed by atoms with E-state index in [1.54, 1.807) is 29.2 Å². The number of carbonyl (C=O) groups excluding carboxylic acids is 3. The van der Waals surface area contributed by atoms with Crippen LogP contribution in [0.2, 0.25) is 0 Å². The predicted molar refractivity (Wildman–Crippen MR) is 101 cm³/mol. The monoisotopic (exact) mass is 428 g/mol. The fourth-order valence-electron chi connectivity index (χ4n) is 3.49. The number of nitrogens with one attached hydrogen (secondary N) is 2. The third kappa shape index (κ3) is 5.41. The summed E-state index contributed by atoms with van der Waals surface area (Å²) in [4.78, 5) is 40.5. The van der Waals surface area contributed by atoms with E-state index in [1.807, 2.05) is 5.32 Å². The molecule has 164 valence electrons. The number of rotatable bonds is 4. The number of nitrogens with zero attached hydrogens (tertiary/aromatic N) is 2. The van der Waals surface area contributed by atoms with E-state index in [1.165, 1.54) is 4.90 Å². The van der Waals surface area contributed by atoms with Crippen molar-refractivity contribution in [3.05, 3.63) is 29.8 Å². The minimum Gasteiger partial charge on any atom is -0.378 e. The zero-order valence-corrected chi connectivity index (χ0v) is 16.2. The van der Waals surface area contributed by atoms with Crippen LogP contribution in [0.25, 0.3) is 0 Å². The molecule has 0 aliphatic carbocycles. The molecule has 0 saturated carbocycles. The first-order valence-corrected chi connectivity index (χ1v) is 9.64. The van der Waals surface area contributed by atoms with Crippen molar-refractivity contribution in [3.63, 3.8) is 0 Å². The molecular weight excluding hydrogens is 405 g/mol. The number of benzene rings is 1. The van der Waals surface area contributed by atoms with Gasteiger partial charge in [-0.1, -0.05) is 12.1 Å². The van der Waals surface area contributed by atoms with Crippen molar-refractivity contribution in [2.24, 2.45) is 0 Å². The van der Waals surface area contributed by atoms with Crippen molar-refractivity contribution in [1.82, 2.24) is 15.1 Å². The smallest absolute Gasteiger partial charge is 0.378 e. The lowest BCUT2D eigenvalue weighted by atomic mass is 10.1. The summed E-state index contributed by atoms with van der Waals surface area (Å²) in [6.45, 7) is 0.527. The Hall–Kier alpha value is -2.82. The van der Waals surface area contributed by atoms with Gasteiger partial charge in [0.25, 0.3) is 5.91 Å². The highest BCUT2D eigenvalue weighted by Gasteiger charge is 2.36. The lowest BCUT2D eigenvalue weighted by Gasteiger charge is -2.28. The van der Waals surface area contributed by atoms with E-state index >= 15 is 0 Å². The maximum absolute atomic E-state index is 12.8. The molecule has 11 heteroatoms. The number of halogens is 3. The summed E-state index contributed by atoms with van der Waals surface area (Å²) in [5, 5.41) is 4.46. The summed E-state index contributed by atoms with van der Waals surface area (Å²) in [6.07, 6.45) is -3.77. The highest BCUT2D eigenvalue weighted by molar-refractivity contribution is 6.04. The van der Waals surface area contributed by atoms with Gasteiger partial charge in [-0.15, -0.1) is 0 Å². The van der Waals surface area contributed by atoms with Crippen LogP contribution in [0.3, 0.4) is 0 Å². The molecule has 8 nitrogen and oxygen atoms in total. The largest absolute Gasteiger partial charge is 0.405 e. The molecule has 2 N–H and O–H groups in total. The van der Waals surface area contributed by atoms with Crippen molar-refractivity contribution in [2.75, 3.05) is 44.7 Å². The summed E-state index contributed by atoms with van der Waals surface area (Å²) in [7, 11) is 0. The SMILES string of the molecule is O=C(NCC(F)(F)F)C1CCCN1C(=O)Nc1ccccc1C(=O)N1CCOCC1. The Balaban J connectivity index is 1.68. The minimum absolute atomic E-state index is 0.232. The van der Waals surface area contributed by atoms with Crippen LogP contribution in [0.4, 0.5) is 23.7 Å². The zero-order valence-electron chi connectivity index (χ0n) is 16.2. The van der Waals surface area contributed by atoms with Crippen LogP contribution in [0.1, 0.15) is 23.2 Å². The fraction of sp³-hybridized carbons (Fsp3) is 0.526. The second-order valence-corrected chi connectivity index (χ2v) is 7.06. The second-order valence-electron chi connectivity index (χ2n) is 7.06. The molecule has 2 aliphatic rings. The van der Waals surface area contributed by atoms with Crippen LogP contribution >= 0.6 is 0 Å². The van der Waals surface area contributed by atoms with Gasteiger partial charge in [0.15, 0.2) is 0 Å². The maximum atomic E-state index is 12.8. The highest BCUT2D eigenvalue weighted by Crippen LogP contribution is 2.23. The number of hydrogen-bond donors (Lipinski definition) is 2. The summed E-state index contributed by atoms with van der Waals surface area (Å²) in [5.74, 6) is -1.10. The summed E-state index contributed by atoms with van der Waals surface area (Å²) >= 11 is 0. The molecule has 0 aromatic heterocycles. The molecule has 0 spiro atoms. The number of alkyl halides is 3. The molecule has 1 aromatic carbocycles. The Morgan fingerprint density at radius 2 is 1.80 bits per heavy atom. The number of morpholine rings is 1. The standard InChI is InChI=1S/C19H23F3N4O4/c20-19(21,22)12-23-16(27)15-6-3-7-26(15)18(29)24-14-5-2-1-4-13(14)17(28)25-8-10-30-11-9-25/h1-2,4-5,15H,3,6-12H2,(H,23,27)(H,24,29). The molecule has 2 fully saturated rings. The minimum atomic E-state index is -4.53. The Morgan fingerprint density at radius 3 is 2.50 bits per heavy atom. The molecule has 1 unspecified atom stereocenters. The summed E-state index contributed by atoms with van der Waals surface area (Å²) in [5.41, 5.74) is 0.574. The predicted octanol–water partition coefficient (Wildman–Crippen LogP) is 1.83. The van der Waals surface area contributed by atoms with Crippen LogP contribution < -0.4 is 10.6 Å². The average molecular weight is 428 g/mol. The van der Waals surface area contributed by atoms with E-state index in [2.05, 4.69) is 5.32 Å². The molecule has 3 rings (SSSR count). The molecule has 2 aliphatic heterocycles. The first-order chi connectivity index (χ1) is 14.3. The van der Waals surface area contributed by atoms with Crippen molar-refractivity contribution in [1.29, 1.82) is 0 Å². The first kappa shape index (κ1) is 21.9. The molecule has 30 heavy (non-hydrogen) atoms. The van der Waals surface area contributed by atoms with Gasteiger partial charge in [-0.05, 0) is 25.0 Å². The van der Waals surface area contributed by atoms with Crippen LogP contribution in [0.15, 0.2) is 24.3 Å². The Morgan fingerprint density at radius 1 is 1.10 bits per heavy atom. The Kier molecular flexibility index (Phi) is 6.80. The van der Waals surface area contributed by atoms with Gasteiger partial charge in [0.2, 0.25) is 5.91 Å². The van der Waals surface area contributed by atoms with Crippen molar-refractivity contribution in [3.8, 4) is 0 Å². The normalized spacial score (nSPS) is 19.5. The number of ether oxygens (including phenoxy) is 1. The second kappa shape index (κ2) is 9.33. The van der Waals surface area contributed by atoms with Gasteiger partial charge in [-0.3, -0.25) is 9.59 Å². The zero-order chi connectivity index (χ0) is 21.7. The molecular formula is C19H23F3N4O4. The van der Waals surface area contributed by atoms with E-state index < -0.39 is 30.7 Å². The lowest BCUT2D eigenvalue weighted by molar-refractivity contribution is -0.140. The van der Waals surface area contributed by atoms with Crippen LogP contribution in [0, 0.1) is 0 Å². The maximum Gasteiger partial charge on any atom is 0.405 e. The molecule has 0 radical (unpaired) electrons. The number of carbonyl (C=O) groups is 3. The Labute approximate surface area is 171 Å². The lowest BCUT2D eigenvalue weighted by Crippen LogP contribution is -2.49. The van der Waals surface area contributed by atoms with Gasteiger partial charge < -0.3 is 25.2 Å². The van der Waals surface area contributed by atoms with Gasteiger partial charge in [0.1, 0.15) is 12.6 Å². The summed E-state index contributed by atoms with van der Waals surface area (Å²) < 4.78 is 42.3. The Bertz CT molecular complexity index is 796. The number of urea groups is 1. The van der Waals surface area contributed by atoms with Gasteiger partial charge in [0, 0.05) is 19.6 Å². The van der Waals surface area contributed by atoms with Crippen LogP contribution in [0.5, 0.6) is 0 Å². The third-order valence-electron chi connectivity index (χ3n) is 4.98. The molecule has 2 saturated heterocycles. The molecule has 1 aromatic rings. The van der Waals surface area contributed by atoms with Crippen molar-refractivity contribution in [2.45, 2.75) is 25.1 Å². The molecule has 2 heterocycles. The number of likely N-dealkylation sites (tertiary alicyclic amines) is 1. The third-order valence-corrected chi connectivity index (χ3v) is 4.98. The van der Waals surface area contributed by atoms with Gasteiger partial charge in [-0.2, -0.15) is 13.2 Å². The van der Waals surface area contributed by atoms with Crippen molar-refractivity contribution >= 4 is 23.5 Å². The van der Waals surface area contributed by atoms with Crippen molar-refractivity contribution < 1.29 is 32.3 Å². The highest BCUT2D eigenvalue weighted by atomic mass is 19.4. The first-order valence-electron chi connectivity index (χ1n) is 9.64. The average Bonchev–Trinajstić information content (AvgIpc) is 3.22. The van der Waals surface area contributed by atoms with Gasteiger partial charge >= 0.3 is 12.2 Å². The van der Waals surface area contributed by atoms with E-state index in [-0.39, 0.29) is 24.6 Å². The van der Waals surface area contributed by atoms with Gasteiger partial charge in [-0.25, -0.2) is 4.79 Å². The quantitative estimate of drug-likeness (QED) is 0.766. The van der Waals surface area contributed by atoms with E-state index in [4.69, 9.17) is 4.74 Å². The summed E-state index contributed by atoms with van der Waals surface area (Å²) in [6, 6.07) is 4.86.